The van der Waals surface area contributed by atoms with Crippen LogP contribution in [0.3, 0.4) is 0 Å². The number of halogens is 2. The predicted octanol–water partition coefficient (Wildman–Crippen LogP) is 3.38. The average molecular weight is 327 g/mol. The molecule has 0 amide bonds. The molecule has 1 N–H and O–H groups in total. The van der Waals surface area contributed by atoms with Gasteiger partial charge in [-0.1, -0.05) is 18.5 Å². The van der Waals surface area contributed by atoms with E-state index < -0.39 is 6.04 Å². The first-order valence-electron chi connectivity index (χ1n) is 4.94. The third kappa shape index (κ3) is 3.45. The maximum atomic E-state index is 11.7. The van der Waals surface area contributed by atoms with Crippen molar-refractivity contribution in [3.63, 3.8) is 0 Å². The summed E-state index contributed by atoms with van der Waals surface area (Å²) < 4.78 is 6.45. The molecular formula is C10H13BrClNO2S. The van der Waals surface area contributed by atoms with E-state index in [0.29, 0.717) is 17.5 Å². The zero-order chi connectivity index (χ0) is 12.1. The predicted molar refractivity (Wildman–Crippen MR) is 70.1 cm³/mol. The fourth-order valence-electron chi connectivity index (χ4n) is 1.24. The van der Waals surface area contributed by atoms with Crippen molar-refractivity contribution in [1.82, 2.24) is 5.32 Å². The Labute approximate surface area is 112 Å². The molecule has 0 radical (unpaired) electrons. The highest BCUT2D eigenvalue weighted by molar-refractivity contribution is 9.10. The summed E-state index contributed by atoms with van der Waals surface area (Å²) in [5, 5.41) is 3.08. The molecule has 1 rings (SSSR count). The van der Waals surface area contributed by atoms with Crippen molar-refractivity contribution in [3.05, 3.63) is 19.8 Å². The van der Waals surface area contributed by atoms with Gasteiger partial charge in [-0.05, 0) is 35.5 Å². The van der Waals surface area contributed by atoms with Gasteiger partial charge < -0.3 is 10.1 Å². The van der Waals surface area contributed by atoms with Crippen molar-refractivity contribution >= 4 is 44.8 Å². The Morgan fingerprint density at radius 3 is 2.81 bits per heavy atom. The van der Waals surface area contributed by atoms with E-state index in [1.165, 1.54) is 11.3 Å². The van der Waals surface area contributed by atoms with Gasteiger partial charge in [0.05, 0.1) is 6.61 Å². The van der Waals surface area contributed by atoms with Gasteiger partial charge >= 0.3 is 5.97 Å². The topological polar surface area (TPSA) is 38.3 Å². The second-order valence-corrected chi connectivity index (χ2v) is 5.55. The molecule has 1 unspecified atom stereocenters. The van der Waals surface area contributed by atoms with Gasteiger partial charge in [0.15, 0.2) is 0 Å². The minimum Gasteiger partial charge on any atom is -0.465 e. The Bertz CT molecular complexity index is 350. The maximum Gasteiger partial charge on any atom is 0.328 e. The molecule has 0 fully saturated rings. The van der Waals surface area contributed by atoms with Gasteiger partial charge in [0.25, 0.3) is 0 Å². The van der Waals surface area contributed by atoms with E-state index in [1.54, 1.807) is 6.92 Å². The van der Waals surface area contributed by atoms with Gasteiger partial charge in [0.2, 0.25) is 0 Å². The number of ether oxygens (including phenoxy) is 1. The molecule has 16 heavy (non-hydrogen) atoms. The molecule has 0 saturated heterocycles. The van der Waals surface area contributed by atoms with Gasteiger partial charge in [-0.25, -0.2) is 4.79 Å². The summed E-state index contributed by atoms with van der Waals surface area (Å²) in [6, 6.07) is 1.41. The molecule has 0 aromatic carbocycles. The summed E-state index contributed by atoms with van der Waals surface area (Å²) in [5.74, 6) is -0.269. The molecule has 3 nitrogen and oxygen atoms in total. The third-order valence-corrected chi connectivity index (χ3v) is 4.42. The number of hydrogen-bond acceptors (Lipinski definition) is 4. The number of carbonyl (C=O) groups excluding carboxylic acids is 1. The Balaban J connectivity index is 2.88. The van der Waals surface area contributed by atoms with Crippen LogP contribution in [0.2, 0.25) is 4.34 Å². The second kappa shape index (κ2) is 6.59. The van der Waals surface area contributed by atoms with E-state index in [9.17, 15) is 4.79 Å². The van der Waals surface area contributed by atoms with E-state index in [2.05, 4.69) is 21.2 Å². The standard InChI is InChI=1S/C10H13BrClNO2S/c1-3-13-8(10(14)15-4-2)7-5-6(11)9(12)16-7/h5,8,13H,3-4H2,1-2H3. The van der Waals surface area contributed by atoms with Crippen molar-refractivity contribution in [2.75, 3.05) is 13.2 Å². The molecule has 1 aromatic heterocycles. The number of thiophene rings is 1. The van der Waals surface area contributed by atoms with E-state index in [-0.39, 0.29) is 5.97 Å². The van der Waals surface area contributed by atoms with Crippen LogP contribution in [-0.2, 0) is 9.53 Å². The molecule has 0 aliphatic rings. The summed E-state index contributed by atoms with van der Waals surface area (Å²) in [6.45, 7) is 4.80. The minimum atomic E-state index is -0.432. The smallest absolute Gasteiger partial charge is 0.328 e. The van der Waals surface area contributed by atoms with E-state index in [1.807, 2.05) is 13.0 Å². The first-order valence-corrected chi connectivity index (χ1v) is 6.93. The van der Waals surface area contributed by atoms with Crippen LogP contribution in [-0.4, -0.2) is 19.1 Å². The Hall–Kier alpha value is -0.100. The summed E-state index contributed by atoms with van der Waals surface area (Å²) in [7, 11) is 0. The first-order chi connectivity index (χ1) is 7.60. The molecule has 0 aliphatic heterocycles. The highest BCUT2D eigenvalue weighted by atomic mass is 79.9. The number of carbonyl (C=O) groups is 1. The molecular weight excluding hydrogens is 314 g/mol. The van der Waals surface area contributed by atoms with Crippen LogP contribution in [0.25, 0.3) is 0 Å². The van der Waals surface area contributed by atoms with Crippen molar-refractivity contribution in [2.24, 2.45) is 0 Å². The number of nitrogens with one attached hydrogen (secondary N) is 1. The Morgan fingerprint density at radius 2 is 2.38 bits per heavy atom. The van der Waals surface area contributed by atoms with Crippen molar-refractivity contribution < 1.29 is 9.53 Å². The van der Waals surface area contributed by atoms with Crippen LogP contribution in [0, 0.1) is 0 Å². The van der Waals surface area contributed by atoms with Crippen LogP contribution in [0.1, 0.15) is 24.8 Å². The first kappa shape index (κ1) is 14.0. The van der Waals surface area contributed by atoms with Crippen molar-refractivity contribution in [3.8, 4) is 0 Å². The Kier molecular flexibility index (Phi) is 5.75. The molecule has 0 aliphatic carbocycles. The van der Waals surface area contributed by atoms with Gasteiger partial charge in [0, 0.05) is 9.35 Å². The van der Waals surface area contributed by atoms with Crippen molar-refractivity contribution in [1.29, 1.82) is 0 Å². The van der Waals surface area contributed by atoms with Crippen LogP contribution >= 0.6 is 38.9 Å². The van der Waals surface area contributed by atoms with Gasteiger partial charge in [-0.2, -0.15) is 0 Å². The van der Waals surface area contributed by atoms with E-state index in [4.69, 9.17) is 16.3 Å². The molecule has 0 spiro atoms. The van der Waals surface area contributed by atoms with Crippen molar-refractivity contribution in [2.45, 2.75) is 19.9 Å². The van der Waals surface area contributed by atoms with Crippen LogP contribution in [0.15, 0.2) is 10.5 Å². The zero-order valence-electron chi connectivity index (χ0n) is 9.05. The summed E-state index contributed by atoms with van der Waals surface area (Å²) in [5.41, 5.74) is 0. The Morgan fingerprint density at radius 1 is 1.69 bits per heavy atom. The lowest BCUT2D eigenvalue weighted by Gasteiger charge is -2.14. The number of rotatable bonds is 5. The monoisotopic (exact) mass is 325 g/mol. The molecule has 90 valence electrons. The zero-order valence-corrected chi connectivity index (χ0v) is 12.2. The third-order valence-electron chi connectivity index (χ3n) is 1.88. The largest absolute Gasteiger partial charge is 0.465 e. The summed E-state index contributed by atoms with van der Waals surface area (Å²) in [6.07, 6.45) is 0. The molecule has 0 saturated carbocycles. The van der Waals surface area contributed by atoms with E-state index in [0.717, 1.165) is 9.35 Å². The molecule has 6 heteroatoms. The normalized spacial score (nSPS) is 12.5. The van der Waals surface area contributed by atoms with Crippen LogP contribution in [0.4, 0.5) is 0 Å². The lowest BCUT2D eigenvalue weighted by molar-refractivity contribution is -0.145. The SMILES string of the molecule is CCNC(C(=O)OCC)c1cc(Br)c(Cl)s1. The average Bonchev–Trinajstić information content (AvgIpc) is 2.55. The lowest BCUT2D eigenvalue weighted by atomic mass is 10.2. The number of esters is 1. The van der Waals surface area contributed by atoms with Gasteiger partial charge in [0.1, 0.15) is 10.4 Å². The second-order valence-electron chi connectivity index (χ2n) is 3.01. The fourth-order valence-corrected chi connectivity index (χ4v) is 3.04. The van der Waals surface area contributed by atoms with Gasteiger partial charge in [-0.15, -0.1) is 11.3 Å². The minimum absolute atomic E-state index is 0.269. The van der Waals surface area contributed by atoms with Gasteiger partial charge in [-0.3, -0.25) is 0 Å². The summed E-state index contributed by atoms with van der Waals surface area (Å²) in [4.78, 5) is 12.6. The lowest BCUT2D eigenvalue weighted by Crippen LogP contribution is -2.29. The maximum absolute atomic E-state index is 11.7. The highest BCUT2D eigenvalue weighted by Crippen LogP contribution is 2.35. The van der Waals surface area contributed by atoms with E-state index >= 15 is 0 Å². The van der Waals surface area contributed by atoms with Crippen LogP contribution < -0.4 is 5.32 Å². The number of hydrogen-bond donors (Lipinski definition) is 1. The summed E-state index contributed by atoms with van der Waals surface area (Å²) >= 11 is 10.6. The molecule has 0 bridgehead atoms. The highest BCUT2D eigenvalue weighted by Gasteiger charge is 2.23. The number of likely N-dealkylation sites (N-methyl/N-ethyl adjacent to an activating group) is 1. The molecule has 1 heterocycles. The van der Waals surface area contributed by atoms with Crippen LogP contribution in [0.5, 0.6) is 0 Å². The quantitative estimate of drug-likeness (QED) is 0.843. The molecule has 1 atom stereocenters. The molecule has 1 aromatic rings. The fraction of sp³-hybridized carbons (Fsp3) is 0.500.